The van der Waals surface area contributed by atoms with E-state index in [1.54, 1.807) is 0 Å². The Bertz CT molecular complexity index is 792. The summed E-state index contributed by atoms with van der Waals surface area (Å²) >= 11 is 0. The summed E-state index contributed by atoms with van der Waals surface area (Å²) in [6.45, 7) is 1.53. The van der Waals surface area contributed by atoms with Crippen molar-refractivity contribution >= 4 is 35.3 Å². The Hall–Kier alpha value is -3.43. The Balaban J connectivity index is 2.06. The van der Waals surface area contributed by atoms with Crippen LogP contribution < -0.4 is 15.0 Å². The molecule has 150 valence electrons. The van der Waals surface area contributed by atoms with E-state index in [9.17, 15) is 24.0 Å². The molecule has 0 radical (unpaired) electrons. The summed E-state index contributed by atoms with van der Waals surface area (Å²) in [6.07, 6.45) is 0.753. The van der Waals surface area contributed by atoms with Gasteiger partial charge in [-0.1, -0.05) is 6.92 Å². The number of amides is 6. The van der Waals surface area contributed by atoms with Gasteiger partial charge in [0.2, 0.25) is 11.8 Å². The van der Waals surface area contributed by atoms with Crippen LogP contribution in [0, 0.1) is 0 Å². The minimum Gasteiger partial charge on any atom is -0.497 e. The lowest BCUT2D eigenvalue weighted by molar-refractivity contribution is -0.142. The summed E-state index contributed by atoms with van der Waals surface area (Å²) < 4.78 is 5.01. The van der Waals surface area contributed by atoms with E-state index in [-0.39, 0.29) is 18.1 Å². The number of anilines is 1. The molecule has 1 fully saturated rings. The number of urea groups is 1. The Morgan fingerprint density at radius 1 is 1.11 bits per heavy atom. The Morgan fingerprint density at radius 3 is 2.32 bits per heavy atom. The maximum absolute atomic E-state index is 12.5. The molecule has 0 saturated carbocycles. The van der Waals surface area contributed by atoms with E-state index in [4.69, 9.17) is 4.74 Å². The van der Waals surface area contributed by atoms with Gasteiger partial charge in [0, 0.05) is 13.6 Å². The van der Waals surface area contributed by atoms with Crippen molar-refractivity contribution in [2.45, 2.75) is 13.3 Å². The summed E-state index contributed by atoms with van der Waals surface area (Å²) in [7, 11) is 2.85. The third kappa shape index (κ3) is 4.45. The number of nitrogens with one attached hydrogen (secondary N) is 1. The molecule has 2 rings (SSSR count). The lowest BCUT2D eigenvalue weighted by Crippen LogP contribution is -2.45. The number of carbonyl (C=O) groups excluding carboxylic acids is 5. The van der Waals surface area contributed by atoms with E-state index < -0.39 is 30.3 Å². The van der Waals surface area contributed by atoms with E-state index in [1.165, 1.54) is 38.4 Å². The number of likely N-dealkylation sites (N-methyl/N-ethyl adjacent to an activating group) is 1. The van der Waals surface area contributed by atoms with Crippen molar-refractivity contribution in [3.63, 3.8) is 0 Å². The Labute approximate surface area is 162 Å². The zero-order chi connectivity index (χ0) is 20.8. The monoisotopic (exact) mass is 390 g/mol. The molecule has 1 saturated heterocycles. The number of ether oxygens (including phenoxy) is 1. The number of imide groups is 2. The van der Waals surface area contributed by atoms with Gasteiger partial charge in [-0.15, -0.1) is 0 Å². The number of rotatable bonds is 8. The summed E-state index contributed by atoms with van der Waals surface area (Å²) in [5.74, 6) is -2.63. The third-order valence-corrected chi connectivity index (χ3v) is 4.06. The van der Waals surface area contributed by atoms with Crippen molar-refractivity contribution in [1.29, 1.82) is 0 Å². The highest BCUT2D eigenvalue weighted by Gasteiger charge is 2.46. The van der Waals surface area contributed by atoms with E-state index in [2.05, 4.69) is 5.32 Å². The third-order valence-electron chi connectivity index (χ3n) is 4.06. The average Bonchev–Trinajstić information content (AvgIpc) is 2.89. The fraction of sp³-hybridized carbons (Fsp3) is 0.389. The molecule has 6 amide bonds. The number of nitrogens with zero attached hydrogens (tertiary/aromatic N) is 3. The molecule has 28 heavy (non-hydrogen) atoms. The summed E-state index contributed by atoms with van der Waals surface area (Å²) in [4.78, 5) is 63.3. The quantitative estimate of drug-likeness (QED) is 0.492. The van der Waals surface area contributed by atoms with Gasteiger partial charge in [0.15, 0.2) is 0 Å². The van der Waals surface area contributed by atoms with Gasteiger partial charge >= 0.3 is 17.8 Å². The number of benzene rings is 1. The topological polar surface area (TPSA) is 116 Å². The molecule has 0 aromatic heterocycles. The van der Waals surface area contributed by atoms with Crippen molar-refractivity contribution in [3.05, 3.63) is 24.3 Å². The molecule has 0 aliphatic carbocycles. The van der Waals surface area contributed by atoms with Crippen LogP contribution >= 0.6 is 0 Å². The highest BCUT2D eigenvalue weighted by Crippen LogP contribution is 2.24. The van der Waals surface area contributed by atoms with Crippen LogP contribution in [0.1, 0.15) is 13.3 Å². The van der Waals surface area contributed by atoms with Crippen molar-refractivity contribution in [3.8, 4) is 5.75 Å². The fourth-order valence-electron chi connectivity index (χ4n) is 2.48. The van der Waals surface area contributed by atoms with Crippen LogP contribution in [0.4, 0.5) is 10.5 Å². The Morgan fingerprint density at radius 2 is 1.75 bits per heavy atom. The number of carbonyl (C=O) groups is 5. The molecule has 0 bridgehead atoms. The van der Waals surface area contributed by atoms with Crippen LogP contribution in [0.5, 0.6) is 5.75 Å². The van der Waals surface area contributed by atoms with Gasteiger partial charge < -0.3 is 15.0 Å². The molecule has 10 nitrogen and oxygen atoms in total. The zero-order valence-corrected chi connectivity index (χ0v) is 15.9. The molecule has 1 aromatic carbocycles. The summed E-state index contributed by atoms with van der Waals surface area (Å²) in [5.41, 5.74) is 0.186. The number of hydrogen-bond donors (Lipinski definition) is 1. The SMILES string of the molecule is CCCNC(=O)CN(C)C(=O)CN1C(=O)C(=O)N(c2ccc(OC)cc2)C1=O. The minimum absolute atomic E-state index is 0.186. The predicted octanol–water partition coefficient (Wildman–Crippen LogP) is -0.0250. The first-order chi connectivity index (χ1) is 13.3. The maximum atomic E-state index is 12.5. The average molecular weight is 390 g/mol. The normalized spacial score (nSPS) is 13.8. The summed E-state index contributed by atoms with van der Waals surface area (Å²) in [5, 5.41) is 2.62. The van der Waals surface area contributed by atoms with Crippen molar-refractivity contribution < 1.29 is 28.7 Å². The van der Waals surface area contributed by atoms with Crippen LogP contribution in [0.3, 0.4) is 0 Å². The van der Waals surface area contributed by atoms with Crippen LogP contribution in [0.2, 0.25) is 0 Å². The maximum Gasteiger partial charge on any atom is 0.339 e. The molecule has 0 unspecified atom stereocenters. The highest BCUT2D eigenvalue weighted by atomic mass is 16.5. The summed E-state index contributed by atoms with van der Waals surface area (Å²) in [6, 6.07) is 5.07. The van der Waals surface area contributed by atoms with Gasteiger partial charge in [-0.05, 0) is 30.7 Å². The molecule has 0 spiro atoms. The second-order valence-electron chi connectivity index (χ2n) is 6.11. The number of hydrogen-bond acceptors (Lipinski definition) is 6. The second-order valence-corrected chi connectivity index (χ2v) is 6.11. The molecule has 10 heteroatoms. The molecular weight excluding hydrogens is 368 g/mol. The van der Waals surface area contributed by atoms with Gasteiger partial charge in [-0.3, -0.25) is 19.2 Å². The minimum atomic E-state index is -1.10. The van der Waals surface area contributed by atoms with Crippen LogP contribution in [-0.4, -0.2) is 73.3 Å². The second kappa shape index (κ2) is 8.98. The van der Waals surface area contributed by atoms with Crippen molar-refractivity contribution in [2.75, 3.05) is 38.7 Å². The molecule has 1 aliphatic heterocycles. The van der Waals surface area contributed by atoms with E-state index in [0.717, 1.165) is 11.3 Å². The predicted molar refractivity (Wildman–Crippen MR) is 98.5 cm³/mol. The first kappa shape index (κ1) is 20.9. The fourth-order valence-corrected chi connectivity index (χ4v) is 2.48. The van der Waals surface area contributed by atoms with Gasteiger partial charge in [0.25, 0.3) is 0 Å². The first-order valence-corrected chi connectivity index (χ1v) is 8.64. The molecule has 1 aliphatic rings. The standard InChI is InChI=1S/C18H22N4O6/c1-4-9-19-14(23)10-20(2)15(24)11-21-16(25)17(26)22(18(21)27)12-5-7-13(28-3)8-6-12/h5-8H,4,9-11H2,1-3H3,(H,19,23). The number of methoxy groups -OCH3 is 1. The zero-order valence-electron chi connectivity index (χ0n) is 15.9. The molecule has 1 aromatic rings. The highest BCUT2D eigenvalue weighted by molar-refractivity contribution is 6.53. The van der Waals surface area contributed by atoms with E-state index >= 15 is 0 Å². The van der Waals surface area contributed by atoms with Gasteiger partial charge in [0.1, 0.15) is 12.3 Å². The smallest absolute Gasteiger partial charge is 0.339 e. The molecule has 1 heterocycles. The largest absolute Gasteiger partial charge is 0.497 e. The van der Waals surface area contributed by atoms with E-state index in [0.29, 0.717) is 22.1 Å². The lowest BCUT2D eigenvalue weighted by Gasteiger charge is -2.20. The van der Waals surface area contributed by atoms with E-state index in [1.807, 2.05) is 6.92 Å². The molecule has 1 N–H and O–H groups in total. The lowest BCUT2D eigenvalue weighted by atomic mass is 10.3. The van der Waals surface area contributed by atoms with Crippen molar-refractivity contribution in [2.24, 2.45) is 0 Å². The van der Waals surface area contributed by atoms with Crippen LogP contribution in [0.25, 0.3) is 0 Å². The van der Waals surface area contributed by atoms with Gasteiger partial charge in [0.05, 0.1) is 19.3 Å². The van der Waals surface area contributed by atoms with Gasteiger partial charge in [-0.25, -0.2) is 14.6 Å². The van der Waals surface area contributed by atoms with Gasteiger partial charge in [-0.2, -0.15) is 0 Å². The van der Waals surface area contributed by atoms with Crippen LogP contribution in [-0.2, 0) is 19.2 Å². The first-order valence-electron chi connectivity index (χ1n) is 8.64. The molecular formula is C18H22N4O6. The van der Waals surface area contributed by atoms with Crippen molar-refractivity contribution in [1.82, 2.24) is 15.1 Å². The van der Waals surface area contributed by atoms with Crippen LogP contribution in [0.15, 0.2) is 24.3 Å². The Kier molecular flexibility index (Phi) is 6.69. The molecule has 0 atom stereocenters.